The molecule has 0 aliphatic rings. The van der Waals surface area contributed by atoms with Gasteiger partial charge in [0.2, 0.25) is 0 Å². The maximum atomic E-state index is 2.57. The standard InChI is InChI=1S/C31H30N2/c1-25-29-19-11-12-20-31(29)33(28-17-9-4-10-18-28)30(25)21-22-32(23-26-13-5-2-6-14-26)24-27-15-7-3-8-16-27/h2-20H,21-24H2,1H3. The number of fused-ring (bicyclic) bond motifs is 1. The zero-order valence-corrected chi connectivity index (χ0v) is 19.2. The molecule has 5 rings (SSSR count). The van der Waals surface area contributed by atoms with Crippen LogP contribution in [0.25, 0.3) is 16.6 Å². The molecule has 0 N–H and O–H groups in total. The molecule has 4 aromatic carbocycles. The Bertz CT molecular complexity index is 1260. The maximum Gasteiger partial charge on any atom is 0.0534 e. The molecule has 1 heterocycles. The van der Waals surface area contributed by atoms with Crippen molar-refractivity contribution in [3.63, 3.8) is 0 Å². The van der Waals surface area contributed by atoms with E-state index in [9.17, 15) is 0 Å². The second-order valence-electron chi connectivity index (χ2n) is 8.69. The van der Waals surface area contributed by atoms with Gasteiger partial charge in [-0.25, -0.2) is 0 Å². The lowest BCUT2D eigenvalue weighted by molar-refractivity contribution is 0.259. The van der Waals surface area contributed by atoms with Gasteiger partial charge in [-0.15, -0.1) is 0 Å². The number of aromatic nitrogens is 1. The molecule has 0 saturated heterocycles. The van der Waals surface area contributed by atoms with Gasteiger partial charge < -0.3 is 4.57 Å². The van der Waals surface area contributed by atoms with Gasteiger partial charge in [-0.05, 0) is 41.8 Å². The highest BCUT2D eigenvalue weighted by Gasteiger charge is 2.17. The topological polar surface area (TPSA) is 8.17 Å². The summed E-state index contributed by atoms with van der Waals surface area (Å²) in [6.45, 7) is 5.16. The van der Waals surface area contributed by atoms with Crippen molar-refractivity contribution >= 4 is 10.9 Å². The number of hydrogen-bond acceptors (Lipinski definition) is 1. The van der Waals surface area contributed by atoms with Gasteiger partial charge in [-0.3, -0.25) is 4.90 Å². The van der Waals surface area contributed by atoms with E-state index in [-0.39, 0.29) is 0 Å². The Morgan fingerprint density at radius 2 is 1.12 bits per heavy atom. The zero-order chi connectivity index (χ0) is 22.5. The number of nitrogens with zero attached hydrogens (tertiary/aromatic N) is 2. The predicted molar refractivity (Wildman–Crippen MR) is 139 cm³/mol. The second kappa shape index (κ2) is 9.89. The van der Waals surface area contributed by atoms with Crippen LogP contribution in [0, 0.1) is 6.92 Å². The lowest BCUT2D eigenvalue weighted by atomic mass is 10.1. The van der Waals surface area contributed by atoms with Gasteiger partial charge in [0.15, 0.2) is 0 Å². The van der Waals surface area contributed by atoms with Crippen LogP contribution in [0.3, 0.4) is 0 Å². The van der Waals surface area contributed by atoms with Gasteiger partial charge in [-0.1, -0.05) is 97.1 Å². The van der Waals surface area contributed by atoms with Crippen LogP contribution in [0.2, 0.25) is 0 Å². The number of rotatable bonds is 8. The van der Waals surface area contributed by atoms with Crippen LogP contribution in [0.1, 0.15) is 22.4 Å². The molecule has 0 radical (unpaired) electrons. The molecule has 0 spiro atoms. The lowest BCUT2D eigenvalue weighted by Gasteiger charge is -2.23. The van der Waals surface area contributed by atoms with Crippen molar-refractivity contribution in [2.75, 3.05) is 6.54 Å². The molecule has 0 fully saturated rings. The minimum absolute atomic E-state index is 0.945. The molecule has 1 aromatic heterocycles. The van der Waals surface area contributed by atoms with Crippen LogP contribution in [0.4, 0.5) is 0 Å². The summed E-state index contributed by atoms with van der Waals surface area (Å²) in [6.07, 6.45) is 0.995. The van der Waals surface area contributed by atoms with Crippen molar-refractivity contribution in [3.8, 4) is 5.69 Å². The molecule has 0 unspecified atom stereocenters. The highest BCUT2D eigenvalue weighted by Crippen LogP contribution is 2.29. The Labute approximate surface area is 196 Å². The molecule has 2 nitrogen and oxygen atoms in total. The van der Waals surface area contributed by atoms with Crippen LogP contribution < -0.4 is 0 Å². The summed E-state index contributed by atoms with van der Waals surface area (Å²) >= 11 is 0. The number of benzene rings is 4. The molecule has 0 bridgehead atoms. The van der Waals surface area contributed by atoms with E-state index in [1.54, 1.807) is 0 Å². The summed E-state index contributed by atoms with van der Waals surface area (Å²) in [6, 6.07) is 41.1. The Kier molecular flexibility index (Phi) is 6.37. The molecular formula is C31H30N2. The van der Waals surface area contributed by atoms with E-state index in [0.29, 0.717) is 0 Å². The van der Waals surface area contributed by atoms with Crippen molar-refractivity contribution < 1.29 is 0 Å². The SMILES string of the molecule is Cc1c(CCN(Cc2ccccc2)Cc2ccccc2)n(-c2ccccc2)c2ccccc12. The molecule has 0 aliphatic carbocycles. The molecule has 5 aromatic rings. The third kappa shape index (κ3) is 4.76. The fourth-order valence-corrected chi connectivity index (χ4v) is 4.79. The van der Waals surface area contributed by atoms with Crippen LogP contribution in [-0.2, 0) is 19.5 Å². The van der Waals surface area contributed by atoms with Crippen molar-refractivity contribution in [2.24, 2.45) is 0 Å². The number of hydrogen-bond donors (Lipinski definition) is 0. The fraction of sp³-hybridized carbons (Fsp3) is 0.161. The van der Waals surface area contributed by atoms with Gasteiger partial charge in [0, 0.05) is 42.8 Å². The van der Waals surface area contributed by atoms with Crippen molar-refractivity contribution in [3.05, 3.63) is 138 Å². The monoisotopic (exact) mass is 430 g/mol. The average molecular weight is 431 g/mol. The smallest absolute Gasteiger partial charge is 0.0534 e. The van der Waals surface area contributed by atoms with Crippen molar-refractivity contribution in [1.82, 2.24) is 9.47 Å². The molecule has 2 heteroatoms. The van der Waals surface area contributed by atoms with Gasteiger partial charge in [0.25, 0.3) is 0 Å². The second-order valence-corrected chi connectivity index (χ2v) is 8.69. The summed E-state index contributed by atoms with van der Waals surface area (Å²) in [4.78, 5) is 2.57. The Balaban J connectivity index is 1.47. The first-order valence-corrected chi connectivity index (χ1v) is 11.7. The van der Waals surface area contributed by atoms with E-state index in [0.717, 1.165) is 26.1 Å². The van der Waals surface area contributed by atoms with Gasteiger partial charge >= 0.3 is 0 Å². The van der Waals surface area contributed by atoms with Gasteiger partial charge in [-0.2, -0.15) is 0 Å². The van der Waals surface area contributed by atoms with Crippen LogP contribution in [0.15, 0.2) is 115 Å². The minimum atomic E-state index is 0.945. The quantitative estimate of drug-likeness (QED) is 0.253. The molecule has 0 saturated carbocycles. The Morgan fingerprint density at radius 3 is 1.73 bits per heavy atom. The van der Waals surface area contributed by atoms with E-state index >= 15 is 0 Å². The zero-order valence-electron chi connectivity index (χ0n) is 19.2. The van der Waals surface area contributed by atoms with Crippen LogP contribution in [-0.4, -0.2) is 16.0 Å². The Hall–Kier alpha value is -3.62. The predicted octanol–water partition coefficient (Wildman–Crippen LogP) is 7.18. The van der Waals surface area contributed by atoms with E-state index in [4.69, 9.17) is 0 Å². The largest absolute Gasteiger partial charge is 0.313 e. The third-order valence-electron chi connectivity index (χ3n) is 6.43. The summed E-state index contributed by atoms with van der Waals surface area (Å²) in [5.74, 6) is 0. The summed E-state index contributed by atoms with van der Waals surface area (Å²) in [5.41, 5.74) is 8.01. The van der Waals surface area contributed by atoms with Crippen molar-refractivity contribution in [2.45, 2.75) is 26.4 Å². The number of para-hydroxylation sites is 2. The maximum absolute atomic E-state index is 2.57. The van der Waals surface area contributed by atoms with Gasteiger partial charge in [0.05, 0.1) is 5.52 Å². The first-order valence-electron chi connectivity index (χ1n) is 11.7. The van der Waals surface area contributed by atoms with E-state index in [1.165, 1.54) is 39.0 Å². The first kappa shape index (κ1) is 21.2. The summed E-state index contributed by atoms with van der Waals surface area (Å²) in [5, 5.41) is 1.34. The highest BCUT2D eigenvalue weighted by atomic mass is 15.1. The normalized spacial score (nSPS) is 11.3. The molecule has 0 atom stereocenters. The van der Waals surface area contributed by atoms with Crippen LogP contribution in [0.5, 0.6) is 0 Å². The molecule has 164 valence electrons. The van der Waals surface area contributed by atoms with Crippen LogP contribution >= 0.6 is 0 Å². The fourth-order valence-electron chi connectivity index (χ4n) is 4.79. The summed E-state index contributed by atoms with van der Waals surface area (Å²) < 4.78 is 2.45. The average Bonchev–Trinajstić information content (AvgIpc) is 3.16. The summed E-state index contributed by atoms with van der Waals surface area (Å²) in [7, 11) is 0. The molecule has 0 aliphatic heterocycles. The minimum Gasteiger partial charge on any atom is -0.313 e. The molecular weight excluding hydrogens is 400 g/mol. The lowest BCUT2D eigenvalue weighted by Crippen LogP contribution is -2.26. The first-order chi connectivity index (χ1) is 16.3. The van der Waals surface area contributed by atoms with E-state index in [2.05, 4.69) is 132 Å². The molecule has 0 amide bonds. The van der Waals surface area contributed by atoms with E-state index < -0.39 is 0 Å². The van der Waals surface area contributed by atoms with E-state index in [1.807, 2.05) is 0 Å². The third-order valence-corrected chi connectivity index (χ3v) is 6.43. The van der Waals surface area contributed by atoms with Gasteiger partial charge in [0.1, 0.15) is 0 Å². The van der Waals surface area contributed by atoms with Crippen molar-refractivity contribution in [1.29, 1.82) is 0 Å². The highest BCUT2D eigenvalue weighted by molar-refractivity contribution is 5.87. The molecule has 33 heavy (non-hydrogen) atoms. The number of aryl methyl sites for hydroxylation is 1. The Morgan fingerprint density at radius 1 is 0.606 bits per heavy atom.